The third-order valence-corrected chi connectivity index (χ3v) is 6.48. The predicted octanol–water partition coefficient (Wildman–Crippen LogP) is 4.12. The summed E-state index contributed by atoms with van der Waals surface area (Å²) < 4.78 is 5.43. The highest BCUT2D eigenvalue weighted by atomic mass is 32.1. The molecule has 2 aliphatic rings. The Morgan fingerprint density at radius 1 is 1.15 bits per heavy atom. The molecule has 1 heterocycles. The SMILES string of the molecule is CC(OC(=O)c1cc2c(s1)-c1ccccc1CC2)C(=O)NC1CCCC1. The summed E-state index contributed by atoms with van der Waals surface area (Å²) in [6.45, 7) is 1.64. The molecular formula is C21H23NO3S. The monoisotopic (exact) mass is 369 g/mol. The highest BCUT2D eigenvalue weighted by Gasteiger charge is 2.26. The van der Waals surface area contributed by atoms with E-state index in [1.165, 1.54) is 28.0 Å². The standard InChI is InChI=1S/C21H23NO3S/c1-13(20(23)22-16-7-3-4-8-16)25-21(24)18-12-15-11-10-14-6-2-5-9-17(14)19(15)26-18/h2,5-6,9,12-13,16H,3-4,7-8,10-11H2,1H3,(H,22,23). The highest BCUT2D eigenvalue weighted by molar-refractivity contribution is 7.17. The van der Waals surface area contributed by atoms with Gasteiger partial charge in [-0.1, -0.05) is 37.1 Å². The second kappa shape index (κ2) is 7.23. The number of carbonyl (C=O) groups excluding carboxylic acids is 2. The van der Waals surface area contributed by atoms with Crippen LogP contribution in [0.1, 0.15) is 53.4 Å². The van der Waals surface area contributed by atoms with Gasteiger partial charge in [-0.3, -0.25) is 4.79 Å². The highest BCUT2D eigenvalue weighted by Crippen LogP contribution is 2.39. The lowest BCUT2D eigenvalue weighted by Crippen LogP contribution is -2.40. The van der Waals surface area contributed by atoms with Gasteiger partial charge in [-0.2, -0.15) is 0 Å². The number of esters is 1. The van der Waals surface area contributed by atoms with Gasteiger partial charge in [0.2, 0.25) is 0 Å². The summed E-state index contributed by atoms with van der Waals surface area (Å²) in [4.78, 5) is 26.5. The van der Waals surface area contributed by atoms with Crippen LogP contribution in [0.15, 0.2) is 30.3 Å². The van der Waals surface area contributed by atoms with Crippen LogP contribution in [-0.4, -0.2) is 24.0 Å². The molecular weight excluding hydrogens is 346 g/mol. The van der Waals surface area contributed by atoms with Crippen LogP contribution in [0, 0.1) is 0 Å². The third kappa shape index (κ3) is 3.40. The molecule has 0 bridgehead atoms. The Kier molecular flexibility index (Phi) is 4.81. The lowest BCUT2D eigenvalue weighted by atomic mass is 9.91. The van der Waals surface area contributed by atoms with Gasteiger partial charge in [0.25, 0.3) is 5.91 Å². The van der Waals surface area contributed by atoms with E-state index in [-0.39, 0.29) is 11.9 Å². The Labute approximate surface area is 157 Å². The molecule has 0 aliphatic heterocycles. The molecule has 1 aromatic carbocycles. The average molecular weight is 369 g/mol. The molecule has 0 saturated heterocycles. The van der Waals surface area contributed by atoms with Crippen molar-refractivity contribution in [2.45, 2.75) is 57.6 Å². The van der Waals surface area contributed by atoms with Crippen LogP contribution in [0.25, 0.3) is 10.4 Å². The second-order valence-electron chi connectivity index (χ2n) is 7.16. The summed E-state index contributed by atoms with van der Waals surface area (Å²) in [7, 11) is 0. The van der Waals surface area contributed by atoms with Crippen molar-refractivity contribution in [3.05, 3.63) is 46.3 Å². The van der Waals surface area contributed by atoms with E-state index in [0.29, 0.717) is 4.88 Å². The first-order chi connectivity index (χ1) is 12.6. The van der Waals surface area contributed by atoms with E-state index in [1.807, 2.05) is 12.1 Å². The molecule has 1 atom stereocenters. The lowest BCUT2D eigenvalue weighted by Gasteiger charge is -2.16. The van der Waals surface area contributed by atoms with Crippen LogP contribution in [0.4, 0.5) is 0 Å². The number of fused-ring (bicyclic) bond motifs is 3. The van der Waals surface area contributed by atoms with E-state index in [4.69, 9.17) is 4.74 Å². The van der Waals surface area contributed by atoms with Crippen LogP contribution < -0.4 is 5.32 Å². The molecule has 0 radical (unpaired) electrons. The molecule has 5 heteroatoms. The maximum atomic E-state index is 12.5. The first-order valence-corrected chi connectivity index (χ1v) is 10.2. The van der Waals surface area contributed by atoms with Crippen molar-refractivity contribution in [1.29, 1.82) is 0 Å². The molecule has 4 rings (SSSR count). The molecule has 1 aromatic heterocycles. The van der Waals surface area contributed by atoms with Crippen molar-refractivity contribution in [2.75, 3.05) is 0 Å². The van der Waals surface area contributed by atoms with E-state index < -0.39 is 12.1 Å². The van der Waals surface area contributed by atoms with Crippen LogP contribution >= 0.6 is 11.3 Å². The second-order valence-corrected chi connectivity index (χ2v) is 8.21. The van der Waals surface area contributed by atoms with Crippen molar-refractivity contribution in [1.82, 2.24) is 5.32 Å². The Bertz CT molecular complexity index is 836. The number of carbonyl (C=O) groups is 2. The Morgan fingerprint density at radius 2 is 1.88 bits per heavy atom. The molecule has 1 amide bonds. The molecule has 2 aromatic rings. The Morgan fingerprint density at radius 3 is 2.69 bits per heavy atom. The van der Waals surface area contributed by atoms with E-state index in [1.54, 1.807) is 6.92 Å². The summed E-state index contributed by atoms with van der Waals surface area (Å²) in [5, 5.41) is 2.98. The maximum Gasteiger partial charge on any atom is 0.349 e. The lowest BCUT2D eigenvalue weighted by molar-refractivity contribution is -0.129. The maximum absolute atomic E-state index is 12.5. The third-order valence-electron chi connectivity index (χ3n) is 5.29. The van der Waals surface area contributed by atoms with Crippen LogP contribution in [0.3, 0.4) is 0 Å². The number of hydrogen-bond donors (Lipinski definition) is 1. The molecule has 1 N–H and O–H groups in total. The molecule has 1 unspecified atom stereocenters. The van der Waals surface area contributed by atoms with Crippen molar-refractivity contribution in [3.8, 4) is 10.4 Å². The number of thiophene rings is 1. The summed E-state index contributed by atoms with van der Waals surface area (Å²) in [6.07, 6.45) is 5.51. The van der Waals surface area contributed by atoms with Gasteiger partial charge in [-0.15, -0.1) is 11.3 Å². The molecule has 4 nitrogen and oxygen atoms in total. The average Bonchev–Trinajstić information content (AvgIpc) is 3.31. The zero-order chi connectivity index (χ0) is 18.1. The molecule has 26 heavy (non-hydrogen) atoms. The minimum Gasteiger partial charge on any atom is -0.448 e. The van der Waals surface area contributed by atoms with Crippen LogP contribution in [0.5, 0.6) is 0 Å². The summed E-state index contributed by atoms with van der Waals surface area (Å²) >= 11 is 1.47. The Hall–Kier alpha value is -2.14. The number of ether oxygens (including phenoxy) is 1. The van der Waals surface area contributed by atoms with E-state index >= 15 is 0 Å². The van der Waals surface area contributed by atoms with Gasteiger partial charge in [-0.05, 0) is 55.4 Å². The molecule has 2 aliphatic carbocycles. The van der Waals surface area contributed by atoms with E-state index in [2.05, 4.69) is 23.5 Å². The Balaban J connectivity index is 1.44. The zero-order valence-electron chi connectivity index (χ0n) is 14.9. The van der Waals surface area contributed by atoms with E-state index in [9.17, 15) is 9.59 Å². The number of hydrogen-bond acceptors (Lipinski definition) is 4. The van der Waals surface area contributed by atoms with Crippen molar-refractivity contribution in [3.63, 3.8) is 0 Å². The van der Waals surface area contributed by atoms with Crippen molar-refractivity contribution < 1.29 is 14.3 Å². The van der Waals surface area contributed by atoms with E-state index in [0.717, 1.165) is 43.4 Å². The van der Waals surface area contributed by atoms with Crippen molar-refractivity contribution in [2.24, 2.45) is 0 Å². The van der Waals surface area contributed by atoms with Crippen LogP contribution in [0.2, 0.25) is 0 Å². The molecule has 0 spiro atoms. The minimum atomic E-state index is -0.769. The summed E-state index contributed by atoms with van der Waals surface area (Å²) in [5.74, 6) is -0.604. The normalized spacial score (nSPS) is 17.3. The number of rotatable bonds is 4. The molecule has 1 saturated carbocycles. The van der Waals surface area contributed by atoms with Gasteiger partial charge in [-0.25, -0.2) is 4.79 Å². The summed E-state index contributed by atoms with van der Waals surface area (Å²) in [5.41, 5.74) is 3.74. The fourth-order valence-corrected chi connectivity index (χ4v) is 4.99. The fraction of sp³-hybridized carbons (Fsp3) is 0.429. The predicted molar refractivity (Wildman–Crippen MR) is 102 cm³/mol. The first kappa shape index (κ1) is 17.3. The summed E-state index contributed by atoms with van der Waals surface area (Å²) in [6, 6.07) is 10.5. The van der Waals surface area contributed by atoms with Gasteiger partial charge in [0.1, 0.15) is 4.88 Å². The van der Waals surface area contributed by atoms with Gasteiger partial charge >= 0.3 is 5.97 Å². The quantitative estimate of drug-likeness (QED) is 0.825. The topological polar surface area (TPSA) is 55.4 Å². The van der Waals surface area contributed by atoms with Crippen LogP contribution in [-0.2, 0) is 22.4 Å². The number of amides is 1. The number of benzene rings is 1. The van der Waals surface area contributed by atoms with Gasteiger partial charge in [0, 0.05) is 10.9 Å². The number of aryl methyl sites for hydroxylation is 2. The molecule has 136 valence electrons. The van der Waals surface area contributed by atoms with Gasteiger partial charge in [0.15, 0.2) is 6.10 Å². The van der Waals surface area contributed by atoms with Crippen molar-refractivity contribution >= 4 is 23.2 Å². The molecule has 1 fully saturated rings. The zero-order valence-corrected chi connectivity index (χ0v) is 15.7. The number of nitrogens with one attached hydrogen (secondary N) is 1. The van der Waals surface area contributed by atoms with Gasteiger partial charge < -0.3 is 10.1 Å². The minimum absolute atomic E-state index is 0.197. The first-order valence-electron chi connectivity index (χ1n) is 9.34. The smallest absolute Gasteiger partial charge is 0.349 e. The largest absolute Gasteiger partial charge is 0.448 e. The van der Waals surface area contributed by atoms with Gasteiger partial charge in [0.05, 0.1) is 0 Å². The fourth-order valence-electron chi connectivity index (χ4n) is 3.83.